The van der Waals surface area contributed by atoms with Crippen molar-refractivity contribution in [3.8, 4) is 34.5 Å². The summed E-state index contributed by atoms with van der Waals surface area (Å²) in [5.74, 6) is -7.36. The Morgan fingerprint density at radius 2 is 0.976 bits per heavy atom. The maximum Gasteiger partial charge on any atom is 0.201 e. The molecule has 2 aliphatic carbocycles. The zero-order valence-corrected chi connectivity index (χ0v) is 23.4. The third kappa shape index (κ3) is 3.54. The number of phenolic OH excluding ortho intramolecular Hbond substituents is 6. The van der Waals surface area contributed by atoms with E-state index in [2.05, 4.69) is 0 Å². The number of hydrogen-bond donors (Lipinski definition) is 6. The predicted molar refractivity (Wildman–Crippen MR) is 151 cm³/mol. The molecular weight excluding hydrogens is 595 g/mol. The lowest BCUT2D eigenvalue weighted by atomic mass is 9.63. The molecule has 2 atom stereocenters. The van der Waals surface area contributed by atoms with E-state index >= 15 is 0 Å². The molecule has 0 heterocycles. The van der Waals surface area contributed by atoms with Gasteiger partial charge >= 0.3 is 0 Å². The van der Waals surface area contributed by atoms with Crippen molar-refractivity contribution in [2.24, 2.45) is 0 Å². The Kier molecular flexibility index (Phi) is 5.91. The first-order chi connectivity index (χ1) is 19.3. The average Bonchev–Trinajstić information content (AvgIpc) is 2.89. The molecule has 0 saturated heterocycles. The van der Waals surface area contributed by atoms with Gasteiger partial charge in [-0.2, -0.15) is 0 Å². The molecule has 208 valence electrons. The van der Waals surface area contributed by atoms with Crippen LogP contribution in [0.5, 0.6) is 34.5 Å². The number of ketones is 2. The Labute approximate surface area is 247 Å². The summed E-state index contributed by atoms with van der Waals surface area (Å²) < 4.78 is 0. The van der Waals surface area contributed by atoms with Gasteiger partial charge in [-0.3, -0.25) is 9.59 Å². The van der Waals surface area contributed by atoms with Gasteiger partial charge in [-0.15, -0.1) is 0 Å². The summed E-state index contributed by atoms with van der Waals surface area (Å²) in [6.45, 7) is 3.36. The number of aromatic hydroxyl groups is 6. The van der Waals surface area contributed by atoms with E-state index in [1.807, 2.05) is 0 Å². The summed E-state index contributed by atoms with van der Waals surface area (Å²) >= 11 is 18.9. The number of fused-ring (bicyclic) bond motifs is 4. The standard InChI is InChI=1S/C30H19Cl3O8/c1-8-3-10-16(12-7-15(36)23(31)28(39)20(12)26(37)17(10)13(34)5-8)19-11-4-9(2)6-14(35)18(11)27(38)22-21(19)24(32)30(41)25(33)29(22)40/h3-7,16,19,34-36,39-41H,1-2H3/t16-,19-/m1/s1. The monoisotopic (exact) mass is 612 g/mol. The Morgan fingerprint density at radius 3 is 1.54 bits per heavy atom. The highest BCUT2D eigenvalue weighted by Crippen LogP contribution is 2.60. The molecule has 8 nitrogen and oxygen atoms in total. The Balaban J connectivity index is 1.85. The van der Waals surface area contributed by atoms with Gasteiger partial charge in [0.15, 0.2) is 5.75 Å². The number of hydrogen-bond acceptors (Lipinski definition) is 8. The van der Waals surface area contributed by atoms with Crippen LogP contribution < -0.4 is 0 Å². The molecule has 6 rings (SSSR count). The molecule has 0 radical (unpaired) electrons. The minimum Gasteiger partial charge on any atom is -0.507 e. The van der Waals surface area contributed by atoms with Crippen molar-refractivity contribution in [3.05, 3.63) is 101 Å². The summed E-state index contributed by atoms with van der Waals surface area (Å²) in [5, 5.41) is 63.9. The molecule has 0 fully saturated rings. The lowest BCUT2D eigenvalue weighted by Crippen LogP contribution is -2.30. The summed E-state index contributed by atoms with van der Waals surface area (Å²) in [5.41, 5.74) is 0.514. The smallest absolute Gasteiger partial charge is 0.201 e. The van der Waals surface area contributed by atoms with Crippen LogP contribution in [0.2, 0.25) is 15.1 Å². The molecule has 0 spiro atoms. The van der Waals surface area contributed by atoms with Gasteiger partial charge < -0.3 is 30.6 Å². The summed E-state index contributed by atoms with van der Waals surface area (Å²) in [7, 11) is 0. The van der Waals surface area contributed by atoms with E-state index in [1.165, 1.54) is 18.2 Å². The lowest BCUT2D eigenvalue weighted by molar-refractivity contribution is 0.101. The fourth-order valence-electron chi connectivity index (χ4n) is 6.19. The van der Waals surface area contributed by atoms with E-state index in [4.69, 9.17) is 34.8 Å². The number of carbonyl (C=O) groups excluding carboxylic acids is 2. The molecule has 4 aromatic rings. The number of phenols is 6. The van der Waals surface area contributed by atoms with Gasteiger partial charge in [0.2, 0.25) is 11.6 Å². The van der Waals surface area contributed by atoms with E-state index < -0.39 is 67.9 Å². The third-order valence-corrected chi connectivity index (χ3v) is 8.87. The quantitative estimate of drug-likeness (QED) is 0.141. The molecule has 6 N–H and O–H groups in total. The van der Waals surface area contributed by atoms with Crippen LogP contribution in [0.15, 0.2) is 30.3 Å². The predicted octanol–water partition coefficient (Wildman–Crippen LogP) is 6.55. The molecule has 0 unspecified atom stereocenters. The van der Waals surface area contributed by atoms with Gasteiger partial charge in [0, 0.05) is 11.8 Å². The van der Waals surface area contributed by atoms with Crippen LogP contribution in [-0.4, -0.2) is 42.2 Å². The lowest BCUT2D eigenvalue weighted by Gasteiger charge is -2.39. The number of benzene rings is 4. The Hall–Kier alpha value is -4.11. The maximum atomic E-state index is 13.8. The molecule has 4 aromatic carbocycles. The second kappa shape index (κ2) is 8.94. The van der Waals surface area contributed by atoms with E-state index in [-0.39, 0.29) is 49.5 Å². The normalized spacial score (nSPS) is 17.1. The topological polar surface area (TPSA) is 156 Å². The average molecular weight is 614 g/mol. The van der Waals surface area contributed by atoms with Crippen molar-refractivity contribution in [2.75, 3.05) is 0 Å². The SMILES string of the molecule is Cc1cc(O)c2c(c1)[C@@H]([C@H]1c3cc(C)cc(O)c3C(=O)c3c(O)c(Cl)c(O)c(Cl)c31)c1cc(O)c(Cl)c(O)c1C2=O. The Morgan fingerprint density at radius 1 is 0.512 bits per heavy atom. The number of halogens is 3. The van der Waals surface area contributed by atoms with E-state index in [0.29, 0.717) is 11.1 Å². The maximum absolute atomic E-state index is 13.8. The van der Waals surface area contributed by atoms with E-state index in [9.17, 15) is 40.2 Å². The third-order valence-electron chi connectivity index (χ3n) is 7.76. The highest BCUT2D eigenvalue weighted by molar-refractivity contribution is 6.40. The van der Waals surface area contributed by atoms with Crippen molar-refractivity contribution in [2.45, 2.75) is 25.7 Å². The molecule has 2 aliphatic rings. The zero-order valence-electron chi connectivity index (χ0n) is 21.2. The van der Waals surface area contributed by atoms with Crippen molar-refractivity contribution in [1.29, 1.82) is 0 Å². The highest BCUT2D eigenvalue weighted by atomic mass is 35.5. The van der Waals surface area contributed by atoms with Crippen molar-refractivity contribution in [1.82, 2.24) is 0 Å². The van der Waals surface area contributed by atoms with Crippen LogP contribution in [0.4, 0.5) is 0 Å². The van der Waals surface area contributed by atoms with Crippen molar-refractivity contribution >= 4 is 46.4 Å². The molecule has 11 heteroatoms. The molecule has 0 amide bonds. The molecule has 0 aromatic heterocycles. The number of rotatable bonds is 1. The molecular formula is C30H19Cl3O8. The molecule has 0 saturated carbocycles. The van der Waals surface area contributed by atoms with Crippen LogP contribution in [0.3, 0.4) is 0 Å². The van der Waals surface area contributed by atoms with Crippen molar-refractivity contribution < 1.29 is 40.2 Å². The fourth-order valence-corrected chi connectivity index (χ4v) is 6.89. The van der Waals surface area contributed by atoms with Gasteiger partial charge in [-0.05, 0) is 65.4 Å². The van der Waals surface area contributed by atoms with Gasteiger partial charge in [0.25, 0.3) is 0 Å². The van der Waals surface area contributed by atoms with E-state index in [1.54, 1.807) is 26.0 Å². The van der Waals surface area contributed by atoms with Crippen LogP contribution in [0.1, 0.15) is 77.1 Å². The first kappa shape index (κ1) is 27.1. The number of carbonyl (C=O) groups is 2. The fraction of sp³-hybridized carbons (Fsp3) is 0.133. The highest BCUT2D eigenvalue weighted by Gasteiger charge is 2.48. The summed E-state index contributed by atoms with van der Waals surface area (Å²) in [4.78, 5) is 27.5. The van der Waals surface area contributed by atoms with Gasteiger partial charge in [0.05, 0.1) is 27.3 Å². The Bertz CT molecular complexity index is 1910. The largest absolute Gasteiger partial charge is 0.507 e. The zero-order chi connectivity index (χ0) is 29.8. The second-order valence-electron chi connectivity index (χ2n) is 10.2. The second-order valence-corrected chi connectivity index (χ2v) is 11.4. The first-order valence-corrected chi connectivity index (χ1v) is 13.3. The minimum atomic E-state index is -1.14. The minimum absolute atomic E-state index is 0.0640. The molecule has 41 heavy (non-hydrogen) atoms. The van der Waals surface area contributed by atoms with Crippen molar-refractivity contribution in [3.63, 3.8) is 0 Å². The summed E-state index contributed by atoms with van der Waals surface area (Å²) in [6, 6.07) is 7.15. The van der Waals surface area contributed by atoms with E-state index in [0.717, 1.165) is 0 Å². The summed E-state index contributed by atoms with van der Waals surface area (Å²) in [6.07, 6.45) is 0. The van der Waals surface area contributed by atoms with Crippen LogP contribution in [-0.2, 0) is 0 Å². The van der Waals surface area contributed by atoms with Gasteiger partial charge in [-0.25, -0.2) is 0 Å². The molecule has 0 bridgehead atoms. The first-order valence-electron chi connectivity index (χ1n) is 12.2. The van der Waals surface area contributed by atoms with Gasteiger partial charge in [0.1, 0.15) is 38.8 Å². The van der Waals surface area contributed by atoms with Crippen LogP contribution >= 0.6 is 34.8 Å². The van der Waals surface area contributed by atoms with Crippen LogP contribution in [0, 0.1) is 13.8 Å². The van der Waals surface area contributed by atoms with Crippen LogP contribution in [0.25, 0.3) is 0 Å². The van der Waals surface area contributed by atoms with Gasteiger partial charge in [-0.1, -0.05) is 46.9 Å². The number of aryl methyl sites for hydroxylation is 2. The molecule has 0 aliphatic heterocycles.